The van der Waals surface area contributed by atoms with E-state index in [9.17, 15) is 9.59 Å². The van der Waals surface area contributed by atoms with Crippen LogP contribution in [0.4, 0.5) is 0 Å². The zero-order valence-electron chi connectivity index (χ0n) is 8.08. The molecule has 1 aliphatic rings. The Morgan fingerprint density at radius 1 is 1.36 bits per heavy atom. The molecule has 0 atom stereocenters. The van der Waals surface area contributed by atoms with E-state index in [1.165, 1.54) is 6.92 Å². The molecular weight excluding hydrogens is 186 g/mol. The number of carbonyl (C=O) groups is 2. The summed E-state index contributed by atoms with van der Waals surface area (Å²) in [6.07, 6.45) is 0. The minimum atomic E-state index is -0.698. The molecule has 1 saturated heterocycles. The third-order valence-electron chi connectivity index (χ3n) is 1.98. The second-order valence-electron chi connectivity index (χ2n) is 3.03. The number of hydrogen-bond acceptors (Lipinski definition) is 4. The fourth-order valence-corrected chi connectivity index (χ4v) is 1.01. The number of ether oxygens (including phenoxy) is 1. The highest BCUT2D eigenvalue weighted by atomic mass is 16.5. The van der Waals surface area contributed by atoms with Gasteiger partial charge in [0.25, 0.3) is 5.91 Å². The predicted molar refractivity (Wildman–Crippen MR) is 48.6 cm³/mol. The fraction of sp³-hybridized carbons (Fsp3) is 0.625. The van der Waals surface area contributed by atoms with Crippen molar-refractivity contribution >= 4 is 11.8 Å². The summed E-state index contributed by atoms with van der Waals surface area (Å²) in [7, 11) is 0. The molecule has 0 aliphatic carbocycles. The Kier molecular flexibility index (Phi) is 3.84. The Hall–Kier alpha value is -1.14. The van der Waals surface area contributed by atoms with Gasteiger partial charge in [-0.15, -0.1) is 0 Å². The van der Waals surface area contributed by atoms with E-state index in [0.29, 0.717) is 26.3 Å². The van der Waals surface area contributed by atoms with Gasteiger partial charge in [0.2, 0.25) is 5.91 Å². The van der Waals surface area contributed by atoms with Crippen LogP contribution in [-0.4, -0.2) is 43.1 Å². The minimum absolute atomic E-state index is 0.0106. The van der Waals surface area contributed by atoms with Gasteiger partial charge in [-0.2, -0.15) is 0 Å². The molecule has 0 unspecified atom stereocenters. The summed E-state index contributed by atoms with van der Waals surface area (Å²) in [5, 5.41) is 1.71. The van der Waals surface area contributed by atoms with Crippen LogP contribution in [0.1, 0.15) is 6.92 Å². The average molecular weight is 200 g/mol. The van der Waals surface area contributed by atoms with Crippen molar-refractivity contribution in [2.45, 2.75) is 6.92 Å². The summed E-state index contributed by atoms with van der Waals surface area (Å²) in [5.74, 6) is -1.13. The molecule has 0 bridgehead atoms. The van der Waals surface area contributed by atoms with Crippen LogP contribution in [0.3, 0.4) is 0 Å². The van der Waals surface area contributed by atoms with E-state index in [0.717, 1.165) is 0 Å². The van der Waals surface area contributed by atoms with E-state index in [1.54, 1.807) is 5.01 Å². The summed E-state index contributed by atoms with van der Waals surface area (Å²) in [5.41, 5.74) is 7.54. The molecule has 0 spiro atoms. The summed E-state index contributed by atoms with van der Waals surface area (Å²) in [4.78, 5) is 22.0. The first-order valence-corrected chi connectivity index (χ1v) is 4.38. The van der Waals surface area contributed by atoms with Gasteiger partial charge in [0.1, 0.15) is 5.92 Å². The first-order valence-electron chi connectivity index (χ1n) is 4.38. The maximum Gasteiger partial charge on any atom is 0.251 e. The largest absolute Gasteiger partial charge is 0.379 e. The molecular formula is C8H14N3O3. The molecule has 3 N–H and O–H groups in total. The smallest absolute Gasteiger partial charge is 0.251 e. The lowest BCUT2D eigenvalue weighted by Gasteiger charge is -2.27. The van der Waals surface area contributed by atoms with Crippen molar-refractivity contribution in [1.82, 2.24) is 10.4 Å². The van der Waals surface area contributed by atoms with Gasteiger partial charge in [0.15, 0.2) is 0 Å². The van der Waals surface area contributed by atoms with E-state index < -0.39 is 11.8 Å². The van der Waals surface area contributed by atoms with Crippen LogP contribution >= 0.6 is 0 Å². The zero-order chi connectivity index (χ0) is 10.6. The number of hydrogen-bond donors (Lipinski definition) is 2. The molecule has 0 aromatic carbocycles. The third kappa shape index (κ3) is 2.97. The number of hydrazine groups is 1. The second kappa shape index (κ2) is 4.92. The third-order valence-corrected chi connectivity index (χ3v) is 1.98. The van der Waals surface area contributed by atoms with Crippen molar-refractivity contribution in [3.63, 3.8) is 0 Å². The Morgan fingerprint density at radius 2 is 1.93 bits per heavy atom. The van der Waals surface area contributed by atoms with Gasteiger partial charge in [-0.1, -0.05) is 0 Å². The van der Waals surface area contributed by atoms with Crippen LogP contribution in [0.25, 0.3) is 0 Å². The molecule has 1 aliphatic heterocycles. The topological polar surface area (TPSA) is 84.7 Å². The Morgan fingerprint density at radius 3 is 2.43 bits per heavy atom. The molecule has 1 heterocycles. The van der Waals surface area contributed by atoms with E-state index in [2.05, 4.69) is 5.43 Å². The van der Waals surface area contributed by atoms with Crippen molar-refractivity contribution in [2.24, 2.45) is 5.73 Å². The molecule has 0 aromatic rings. The highest BCUT2D eigenvalue weighted by molar-refractivity contribution is 6.13. The van der Waals surface area contributed by atoms with Gasteiger partial charge < -0.3 is 10.5 Å². The molecule has 6 heteroatoms. The summed E-state index contributed by atoms with van der Waals surface area (Å²) < 4.78 is 5.10. The summed E-state index contributed by atoms with van der Waals surface area (Å²) >= 11 is 0. The molecule has 1 fully saturated rings. The Bertz CT molecular complexity index is 226. The van der Waals surface area contributed by atoms with Crippen LogP contribution in [0.15, 0.2) is 0 Å². The standard InChI is InChI=1S/C8H14N3O3/c1-6(7(9)12)8(13)10-11-2-4-14-5-3-11/h2-5H2,1H3,(H2,9,12)(H,10,13). The molecule has 1 rings (SSSR count). The SMILES string of the molecule is C[C](C(N)=O)C(=O)NN1CCOCC1. The molecule has 6 nitrogen and oxygen atoms in total. The van der Waals surface area contributed by atoms with Crippen molar-refractivity contribution < 1.29 is 14.3 Å². The van der Waals surface area contributed by atoms with E-state index >= 15 is 0 Å². The quantitative estimate of drug-likeness (QED) is 0.539. The fourth-order valence-electron chi connectivity index (χ4n) is 1.01. The molecule has 79 valence electrons. The number of amides is 2. The van der Waals surface area contributed by atoms with Crippen LogP contribution < -0.4 is 11.2 Å². The Labute approximate surface area is 82.3 Å². The normalized spacial score (nSPS) is 18.1. The number of morpholine rings is 1. The summed E-state index contributed by atoms with van der Waals surface area (Å²) in [6.45, 7) is 3.81. The van der Waals surface area contributed by atoms with Crippen LogP contribution in [0, 0.1) is 5.92 Å². The lowest BCUT2D eigenvalue weighted by atomic mass is 10.1. The molecule has 0 aromatic heterocycles. The van der Waals surface area contributed by atoms with Crippen LogP contribution in [0.5, 0.6) is 0 Å². The van der Waals surface area contributed by atoms with E-state index in [-0.39, 0.29) is 5.92 Å². The highest BCUT2D eigenvalue weighted by Gasteiger charge is 2.22. The first-order chi connectivity index (χ1) is 6.61. The van der Waals surface area contributed by atoms with Gasteiger partial charge in [0, 0.05) is 13.1 Å². The zero-order valence-corrected chi connectivity index (χ0v) is 8.08. The number of primary amides is 1. The highest BCUT2D eigenvalue weighted by Crippen LogP contribution is 1.98. The van der Waals surface area contributed by atoms with Crippen molar-refractivity contribution in [3.8, 4) is 0 Å². The lowest BCUT2D eigenvalue weighted by Crippen LogP contribution is -2.50. The second-order valence-corrected chi connectivity index (χ2v) is 3.03. The van der Waals surface area contributed by atoms with Gasteiger partial charge in [0.05, 0.1) is 13.2 Å². The monoisotopic (exact) mass is 200 g/mol. The van der Waals surface area contributed by atoms with Gasteiger partial charge in [-0.3, -0.25) is 15.0 Å². The molecule has 14 heavy (non-hydrogen) atoms. The average Bonchev–Trinajstić information content (AvgIpc) is 2.18. The van der Waals surface area contributed by atoms with Crippen molar-refractivity contribution in [2.75, 3.05) is 26.3 Å². The van der Waals surface area contributed by atoms with Gasteiger partial charge in [-0.05, 0) is 6.92 Å². The van der Waals surface area contributed by atoms with Crippen LogP contribution in [0.2, 0.25) is 0 Å². The van der Waals surface area contributed by atoms with E-state index in [1.807, 2.05) is 0 Å². The number of nitrogens with zero attached hydrogens (tertiary/aromatic N) is 1. The maximum absolute atomic E-state index is 11.3. The summed E-state index contributed by atoms with van der Waals surface area (Å²) in [6, 6.07) is 0. The maximum atomic E-state index is 11.3. The number of rotatable bonds is 3. The van der Waals surface area contributed by atoms with E-state index in [4.69, 9.17) is 10.5 Å². The Balaban J connectivity index is 2.35. The van der Waals surface area contributed by atoms with Crippen molar-refractivity contribution in [1.29, 1.82) is 0 Å². The molecule has 2 amide bonds. The first kappa shape index (κ1) is 10.9. The number of nitrogens with one attached hydrogen (secondary N) is 1. The lowest BCUT2D eigenvalue weighted by molar-refractivity contribution is -0.129. The van der Waals surface area contributed by atoms with Crippen molar-refractivity contribution in [3.05, 3.63) is 5.92 Å². The predicted octanol–water partition coefficient (Wildman–Crippen LogP) is -1.57. The minimum Gasteiger partial charge on any atom is -0.379 e. The van der Waals surface area contributed by atoms with Crippen LogP contribution in [-0.2, 0) is 14.3 Å². The number of carbonyl (C=O) groups excluding carboxylic acids is 2. The van der Waals surface area contributed by atoms with Gasteiger partial charge >= 0.3 is 0 Å². The molecule has 0 saturated carbocycles. The number of nitrogens with two attached hydrogens (primary N) is 1. The molecule has 1 radical (unpaired) electrons. The van der Waals surface area contributed by atoms with Gasteiger partial charge in [-0.25, -0.2) is 5.01 Å².